The molecule has 1 saturated heterocycles. The van der Waals surface area contributed by atoms with Crippen LogP contribution in [0.2, 0.25) is 0 Å². The molecule has 1 aromatic carbocycles. The molecule has 8 heteroatoms. The van der Waals surface area contributed by atoms with E-state index in [-0.39, 0.29) is 17.9 Å². The van der Waals surface area contributed by atoms with Crippen LogP contribution in [-0.2, 0) is 17.6 Å². The molecule has 164 valence electrons. The number of H-pyrrole nitrogens is 1. The number of carbonyl (C=O) groups excluding carboxylic acids is 1. The maximum Gasteiger partial charge on any atom is 0.240 e. The van der Waals surface area contributed by atoms with Crippen LogP contribution >= 0.6 is 0 Å². The van der Waals surface area contributed by atoms with E-state index in [1.807, 2.05) is 35.2 Å². The highest BCUT2D eigenvalue weighted by molar-refractivity contribution is 5.84. The van der Waals surface area contributed by atoms with E-state index in [4.69, 9.17) is 15.7 Å². The van der Waals surface area contributed by atoms with Crippen molar-refractivity contribution in [3.8, 4) is 0 Å². The van der Waals surface area contributed by atoms with Crippen LogP contribution in [0.25, 0.3) is 0 Å². The standard InChI is InChI=1S/C24H27N7O/c1-2-17-12-21(30-29-17)27-20-13-18(11-15-7-4-3-5-8-15)26-24(28-20)31-14-16-9-6-10-19(16)22(31)23(25)32/h4,7-8,12-13,16,19,22H,2,6,9-11,14H2,1H3,(H2,25,32)(H2,26,27,28,29,30)/t16-,19+,22-/m0/s1. The van der Waals surface area contributed by atoms with Crippen LogP contribution in [0.15, 0.2) is 30.3 Å². The smallest absolute Gasteiger partial charge is 0.240 e. The van der Waals surface area contributed by atoms with Gasteiger partial charge in [-0.05, 0) is 54.9 Å². The highest BCUT2D eigenvalue weighted by Crippen LogP contribution is 2.43. The number of aryl methyl sites for hydroxylation is 1. The van der Waals surface area contributed by atoms with Gasteiger partial charge in [0.1, 0.15) is 11.9 Å². The van der Waals surface area contributed by atoms with Crippen molar-refractivity contribution in [3.63, 3.8) is 0 Å². The molecule has 4 N–H and O–H groups in total. The Labute approximate surface area is 187 Å². The predicted molar refractivity (Wildman–Crippen MR) is 121 cm³/mol. The molecule has 8 nitrogen and oxygen atoms in total. The molecule has 3 heterocycles. The second-order valence-electron chi connectivity index (χ2n) is 8.67. The molecule has 3 atom stereocenters. The van der Waals surface area contributed by atoms with Crippen LogP contribution in [0.3, 0.4) is 0 Å². The SMILES string of the molecule is CCc1cc(Nc2cc(Cc3cc#ccc3)nc(N3C[C@@H]4CCC[C@H]4[C@H]3C(N)=O)n2)n[nH]1. The molecule has 2 aliphatic rings. The van der Waals surface area contributed by atoms with Crippen molar-refractivity contribution >= 4 is 23.5 Å². The largest absolute Gasteiger partial charge is 0.368 e. The Kier molecular flexibility index (Phi) is 5.39. The number of primary amides is 1. The van der Waals surface area contributed by atoms with Gasteiger partial charge in [0, 0.05) is 30.8 Å². The molecule has 1 saturated carbocycles. The van der Waals surface area contributed by atoms with Crippen molar-refractivity contribution < 1.29 is 4.79 Å². The zero-order valence-electron chi connectivity index (χ0n) is 18.1. The minimum atomic E-state index is -0.359. The second-order valence-corrected chi connectivity index (χ2v) is 8.67. The van der Waals surface area contributed by atoms with Gasteiger partial charge < -0.3 is 16.0 Å². The first-order chi connectivity index (χ1) is 15.6. The molecule has 32 heavy (non-hydrogen) atoms. The van der Waals surface area contributed by atoms with E-state index in [0.29, 0.717) is 29.9 Å². The fourth-order valence-electron chi connectivity index (χ4n) is 5.08. The van der Waals surface area contributed by atoms with Gasteiger partial charge in [-0.15, -0.1) is 0 Å². The summed E-state index contributed by atoms with van der Waals surface area (Å²) >= 11 is 0. The first kappa shape index (κ1) is 20.3. The number of rotatable bonds is 7. The Bertz CT molecular complexity index is 1100. The first-order valence-electron chi connectivity index (χ1n) is 11.2. The Morgan fingerprint density at radius 1 is 1.28 bits per heavy atom. The van der Waals surface area contributed by atoms with Gasteiger partial charge in [0.25, 0.3) is 0 Å². The van der Waals surface area contributed by atoms with Crippen LogP contribution in [-0.4, -0.2) is 38.7 Å². The first-order valence-corrected chi connectivity index (χ1v) is 11.2. The van der Waals surface area contributed by atoms with E-state index in [1.165, 1.54) is 0 Å². The number of aromatic amines is 1. The Hall–Kier alpha value is -3.60. The molecule has 0 radical (unpaired) electrons. The summed E-state index contributed by atoms with van der Waals surface area (Å²) in [4.78, 5) is 24.0. The maximum absolute atomic E-state index is 12.4. The van der Waals surface area contributed by atoms with Crippen molar-refractivity contribution in [3.05, 3.63) is 59.4 Å². The Balaban J connectivity index is 1.50. The Morgan fingerprint density at radius 2 is 2.19 bits per heavy atom. The molecular weight excluding hydrogens is 402 g/mol. The lowest BCUT2D eigenvalue weighted by molar-refractivity contribution is -0.120. The lowest BCUT2D eigenvalue weighted by atomic mass is 9.94. The van der Waals surface area contributed by atoms with Gasteiger partial charge in [0.2, 0.25) is 11.9 Å². The number of fused-ring (bicyclic) bond motifs is 1. The molecule has 0 unspecified atom stereocenters. The van der Waals surface area contributed by atoms with Gasteiger partial charge in [0.15, 0.2) is 5.82 Å². The van der Waals surface area contributed by atoms with Gasteiger partial charge in [0.05, 0.1) is 5.69 Å². The van der Waals surface area contributed by atoms with Gasteiger partial charge in [-0.25, -0.2) is 4.98 Å². The van der Waals surface area contributed by atoms with E-state index in [2.05, 4.69) is 34.6 Å². The van der Waals surface area contributed by atoms with E-state index in [9.17, 15) is 4.79 Å². The van der Waals surface area contributed by atoms with Crippen molar-refractivity contribution in [1.29, 1.82) is 0 Å². The van der Waals surface area contributed by atoms with Crippen molar-refractivity contribution in [2.24, 2.45) is 17.6 Å². The fraction of sp³-hybridized carbons (Fsp3) is 0.417. The fourth-order valence-corrected chi connectivity index (χ4v) is 5.08. The molecule has 0 bridgehead atoms. The summed E-state index contributed by atoms with van der Waals surface area (Å²) in [5, 5.41) is 10.6. The molecule has 3 aromatic rings. The maximum atomic E-state index is 12.4. The van der Waals surface area contributed by atoms with Crippen LogP contribution in [0.4, 0.5) is 17.6 Å². The number of anilines is 3. The third kappa shape index (κ3) is 3.98. The Morgan fingerprint density at radius 3 is 2.94 bits per heavy atom. The minimum Gasteiger partial charge on any atom is -0.368 e. The lowest BCUT2D eigenvalue weighted by Crippen LogP contribution is -2.44. The molecule has 2 fully saturated rings. The minimum absolute atomic E-state index is 0.286. The van der Waals surface area contributed by atoms with Crippen molar-refractivity contribution in [2.75, 3.05) is 16.8 Å². The summed E-state index contributed by atoms with van der Waals surface area (Å²) in [6, 6.07) is 15.2. The molecule has 1 aliphatic heterocycles. The topological polar surface area (TPSA) is 113 Å². The van der Waals surface area contributed by atoms with E-state index in [1.54, 1.807) is 0 Å². The normalized spacial score (nSPS) is 21.9. The summed E-state index contributed by atoms with van der Waals surface area (Å²) in [5.74, 6) is 2.34. The highest BCUT2D eigenvalue weighted by Gasteiger charge is 2.47. The number of hydrogen-bond acceptors (Lipinski definition) is 6. The molecule has 2 aromatic heterocycles. The van der Waals surface area contributed by atoms with Crippen LogP contribution in [0, 0.1) is 24.0 Å². The monoisotopic (exact) mass is 429 g/mol. The number of nitrogens with zero attached hydrogens (tertiary/aromatic N) is 4. The molecular formula is C24H27N7O. The molecule has 0 spiro atoms. The quantitative estimate of drug-likeness (QED) is 0.532. The van der Waals surface area contributed by atoms with Crippen molar-refractivity contribution in [2.45, 2.75) is 45.1 Å². The highest BCUT2D eigenvalue weighted by atomic mass is 16.1. The van der Waals surface area contributed by atoms with Gasteiger partial charge >= 0.3 is 0 Å². The number of nitrogens with one attached hydrogen (secondary N) is 2. The number of hydrogen-bond donors (Lipinski definition) is 3. The van der Waals surface area contributed by atoms with Gasteiger partial charge in [-0.2, -0.15) is 10.1 Å². The van der Waals surface area contributed by atoms with Crippen LogP contribution in [0.5, 0.6) is 0 Å². The molecule has 5 rings (SSSR count). The van der Waals surface area contributed by atoms with Gasteiger partial charge in [-0.3, -0.25) is 9.89 Å². The average molecular weight is 430 g/mol. The van der Waals surface area contributed by atoms with Crippen LogP contribution < -0.4 is 16.0 Å². The number of amides is 1. The zero-order chi connectivity index (χ0) is 22.1. The van der Waals surface area contributed by atoms with Gasteiger partial charge in [-0.1, -0.05) is 25.5 Å². The summed E-state index contributed by atoms with van der Waals surface area (Å²) < 4.78 is 0. The molecule has 1 aliphatic carbocycles. The summed E-state index contributed by atoms with van der Waals surface area (Å²) in [7, 11) is 0. The number of nitrogens with two attached hydrogens (primary N) is 1. The summed E-state index contributed by atoms with van der Waals surface area (Å²) in [6.07, 6.45) is 4.80. The third-order valence-electron chi connectivity index (χ3n) is 6.58. The number of carbonyl (C=O) groups is 1. The average Bonchev–Trinajstić information content (AvgIpc) is 3.50. The number of aromatic nitrogens is 4. The predicted octanol–water partition coefficient (Wildman–Crippen LogP) is 2.79. The zero-order valence-corrected chi connectivity index (χ0v) is 18.1. The molecule has 1 amide bonds. The summed E-state index contributed by atoms with van der Waals surface area (Å²) in [5.41, 5.74) is 8.82. The van der Waals surface area contributed by atoms with E-state index >= 15 is 0 Å². The van der Waals surface area contributed by atoms with Crippen LogP contribution in [0.1, 0.15) is 43.1 Å². The summed E-state index contributed by atoms with van der Waals surface area (Å²) in [6.45, 7) is 2.83. The van der Waals surface area contributed by atoms with E-state index < -0.39 is 0 Å². The van der Waals surface area contributed by atoms with E-state index in [0.717, 1.165) is 49.2 Å². The lowest BCUT2D eigenvalue weighted by Gasteiger charge is -2.26. The second kappa shape index (κ2) is 8.50. The van der Waals surface area contributed by atoms with Crippen molar-refractivity contribution in [1.82, 2.24) is 20.2 Å². The third-order valence-corrected chi connectivity index (χ3v) is 6.58.